The number of pyridine rings is 1. The van der Waals surface area contributed by atoms with Crippen molar-refractivity contribution in [2.45, 2.75) is 6.42 Å². The summed E-state index contributed by atoms with van der Waals surface area (Å²) in [6.07, 6.45) is 1.54. The minimum atomic E-state index is 0.436. The fourth-order valence-corrected chi connectivity index (χ4v) is 2.49. The first-order valence-electron chi connectivity index (χ1n) is 6.34. The van der Waals surface area contributed by atoms with Gasteiger partial charge in [0.25, 0.3) is 0 Å². The van der Waals surface area contributed by atoms with Gasteiger partial charge in [-0.05, 0) is 35.7 Å². The highest BCUT2D eigenvalue weighted by Gasteiger charge is 2.07. The Morgan fingerprint density at radius 1 is 1.05 bits per heavy atom. The molecule has 0 saturated heterocycles. The Morgan fingerprint density at radius 2 is 1.85 bits per heavy atom. The Balaban J connectivity index is 2.15. The molecular formula is C17H12ClNO. The van der Waals surface area contributed by atoms with Crippen LogP contribution in [-0.2, 0) is 6.42 Å². The van der Waals surface area contributed by atoms with Crippen LogP contribution in [0, 0.1) is 0 Å². The van der Waals surface area contributed by atoms with Crippen LogP contribution in [0.1, 0.15) is 21.6 Å². The van der Waals surface area contributed by atoms with Crippen LogP contribution in [0.15, 0.2) is 54.6 Å². The van der Waals surface area contributed by atoms with Gasteiger partial charge in [0.1, 0.15) is 5.69 Å². The van der Waals surface area contributed by atoms with Crippen LogP contribution >= 0.6 is 11.6 Å². The number of aromatic nitrogens is 1. The second-order valence-corrected chi connectivity index (χ2v) is 5.08. The molecule has 0 aliphatic rings. The van der Waals surface area contributed by atoms with E-state index in [1.807, 2.05) is 36.4 Å². The van der Waals surface area contributed by atoms with E-state index in [2.05, 4.69) is 17.1 Å². The highest BCUT2D eigenvalue weighted by Crippen LogP contribution is 2.24. The van der Waals surface area contributed by atoms with Crippen molar-refractivity contribution in [2.75, 3.05) is 0 Å². The molecule has 3 rings (SSSR count). The molecule has 0 atom stereocenters. The van der Waals surface area contributed by atoms with Gasteiger partial charge < -0.3 is 0 Å². The third-order valence-corrected chi connectivity index (χ3v) is 3.47. The molecule has 0 aliphatic carbocycles. The Bertz CT molecular complexity index is 769. The molecule has 0 fully saturated rings. The summed E-state index contributed by atoms with van der Waals surface area (Å²) < 4.78 is 0. The van der Waals surface area contributed by atoms with E-state index in [1.54, 1.807) is 6.07 Å². The van der Waals surface area contributed by atoms with E-state index in [1.165, 1.54) is 5.56 Å². The zero-order valence-corrected chi connectivity index (χ0v) is 11.5. The van der Waals surface area contributed by atoms with Crippen LogP contribution in [-0.4, -0.2) is 11.3 Å². The number of fused-ring (bicyclic) bond motifs is 1. The van der Waals surface area contributed by atoms with E-state index < -0.39 is 0 Å². The first-order valence-corrected chi connectivity index (χ1v) is 6.72. The van der Waals surface area contributed by atoms with E-state index in [9.17, 15) is 4.79 Å². The van der Waals surface area contributed by atoms with Crippen LogP contribution in [0.5, 0.6) is 0 Å². The van der Waals surface area contributed by atoms with Gasteiger partial charge in [0, 0.05) is 10.4 Å². The molecule has 0 radical (unpaired) electrons. The maximum Gasteiger partial charge on any atom is 0.168 e. The summed E-state index contributed by atoms with van der Waals surface area (Å²) in [5.41, 5.74) is 3.48. The van der Waals surface area contributed by atoms with Crippen LogP contribution in [0.3, 0.4) is 0 Å². The summed E-state index contributed by atoms with van der Waals surface area (Å²) >= 11 is 6.00. The van der Waals surface area contributed by atoms with Crippen molar-refractivity contribution in [3.05, 3.63) is 76.4 Å². The molecular weight excluding hydrogens is 270 g/mol. The second kappa shape index (κ2) is 5.43. The summed E-state index contributed by atoms with van der Waals surface area (Å²) in [4.78, 5) is 15.3. The molecule has 1 aromatic heterocycles. The lowest BCUT2D eigenvalue weighted by Crippen LogP contribution is -1.96. The summed E-state index contributed by atoms with van der Waals surface area (Å²) in [5.74, 6) is 0. The Hall–Kier alpha value is -2.19. The van der Waals surface area contributed by atoms with Gasteiger partial charge in [0.05, 0.1) is 5.52 Å². The quantitative estimate of drug-likeness (QED) is 0.670. The van der Waals surface area contributed by atoms with Crippen molar-refractivity contribution >= 4 is 28.8 Å². The van der Waals surface area contributed by atoms with Gasteiger partial charge >= 0.3 is 0 Å². The first-order chi connectivity index (χ1) is 9.76. The number of rotatable bonds is 3. The van der Waals surface area contributed by atoms with E-state index in [4.69, 9.17) is 11.6 Å². The van der Waals surface area contributed by atoms with E-state index in [0.29, 0.717) is 10.7 Å². The fourth-order valence-electron chi connectivity index (χ4n) is 2.32. The lowest BCUT2D eigenvalue weighted by atomic mass is 10.0. The number of carbonyl (C=O) groups excluding carboxylic acids is 1. The first kappa shape index (κ1) is 12.8. The van der Waals surface area contributed by atoms with Gasteiger partial charge in [-0.3, -0.25) is 4.79 Å². The van der Waals surface area contributed by atoms with Crippen LogP contribution in [0.2, 0.25) is 5.02 Å². The number of hydrogen-bond acceptors (Lipinski definition) is 2. The van der Waals surface area contributed by atoms with Crippen LogP contribution < -0.4 is 0 Å². The predicted octanol–water partition coefficient (Wildman–Crippen LogP) is 4.29. The number of benzene rings is 2. The maximum absolute atomic E-state index is 11.0. The summed E-state index contributed by atoms with van der Waals surface area (Å²) in [6.45, 7) is 0. The third-order valence-electron chi connectivity index (χ3n) is 3.24. The lowest BCUT2D eigenvalue weighted by Gasteiger charge is -2.08. The molecule has 3 heteroatoms. The zero-order chi connectivity index (χ0) is 13.9. The van der Waals surface area contributed by atoms with Gasteiger partial charge in [0.2, 0.25) is 0 Å². The van der Waals surface area contributed by atoms with Gasteiger partial charge in [-0.25, -0.2) is 4.98 Å². The number of halogens is 1. The zero-order valence-electron chi connectivity index (χ0n) is 10.7. The van der Waals surface area contributed by atoms with Crippen molar-refractivity contribution in [2.24, 2.45) is 0 Å². The molecule has 0 bridgehead atoms. The van der Waals surface area contributed by atoms with E-state index in [-0.39, 0.29) is 0 Å². The molecule has 0 aliphatic heterocycles. The molecule has 98 valence electrons. The van der Waals surface area contributed by atoms with Gasteiger partial charge in [-0.2, -0.15) is 0 Å². The minimum Gasteiger partial charge on any atom is -0.296 e. The number of aldehydes is 1. The van der Waals surface area contributed by atoms with Crippen molar-refractivity contribution in [1.82, 2.24) is 4.98 Å². The molecule has 3 aromatic rings. The molecule has 2 aromatic carbocycles. The van der Waals surface area contributed by atoms with Crippen LogP contribution in [0.4, 0.5) is 0 Å². The maximum atomic E-state index is 11.0. The molecule has 0 unspecified atom stereocenters. The third kappa shape index (κ3) is 2.56. The number of carbonyl (C=O) groups is 1. The SMILES string of the molecule is O=Cc1cc(Cc2ccccc2)c2ccc(Cl)cc2n1. The van der Waals surface area contributed by atoms with Crippen molar-refractivity contribution in [3.8, 4) is 0 Å². The summed E-state index contributed by atoms with van der Waals surface area (Å²) in [6, 6.07) is 17.6. The largest absolute Gasteiger partial charge is 0.296 e. The molecule has 1 heterocycles. The molecule has 2 nitrogen and oxygen atoms in total. The van der Waals surface area contributed by atoms with Crippen molar-refractivity contribution < 1.29 is 4.79 Å². The van der Waals surface area contributed by atoms with E-state index in [0.717, 1.165) is 29.2 Å². The highest BCUT2D eigenvalue weighted by molar-refractivity contribution is 6.31. The summed E-state index contributed by atoms with van der Waals surface area (Å²) in [7, 11) is 0. The molecule has 0 spiro atoms. The van der Waals surface area contributed by atoms with Crippen molar-refractivity contribution in [3.63, 3.8) is 0 Å². The second-order valence-electron chi connectivity index (χ2n) is 4.65. The standard InChI is InChI=1S/C17H12ClNO/c18-14-6-7-16-13(8-12-4-2-1-3-5-12)9-15(11-20)19-17(16)10-14/h1-7,9-11H,8H2. The van der Waals surface area contributed by atoms with Crippen molar-refractivity contribution in [1.29, 1.82) is 0 Å². The van der Waals surface area contributed by atoms with Crippen LogP contribution in [0.25, 0.3) is 10.9 Å². The van der Waals surface area contributed by atoms with Gasteiger partial charge in [0.15, 0.2) is 6.29 Å². The Kier molecular flexibility index (Phi) is 3.48. The van der Waals surface area contributed by atoms with E-state index >= 15 is 0 Å². The minimum absolute atomic E-state index is 0.436. The molecule has 0 N–H and O–H groups in total. The molecule has 0 amide bonds. The average Bonchev–Trinajstić information content (AvgIpc) is 2.47. The monoisotopic (exact) mass is 281 g/mol. The average molecular weight is 282 g/mol. The summed E-state index contributed by atoms with van der Waals surface area (Å²) in [5, 5.41) is 1.66. The number of hydrogen-bond donors (Lipinski definition) is 0. The van der Waals surface area contributed by atoms with Gasteiger partial charge in [-0.15, -0.1) is 0 Å². The molecule has 20 heavy (non-hydrogen) atoms. The fraction of sp³-hybridized carbons (Fsp3) is 0.0588. The van der Waals surface area contributed by atoms with Gasteiger partial charge in [-0.1, -0.05) is 48.0 Å². The highest BCUT2D eigenvalue weighted by atomic mass is 35.5. The predicted molar refractivity (Wildman–Crippen MR) is 81.4 cm³/mol. The Labute approximate surface area is 122 Å². The molecule has 0 saturated carbocycles. The smallest absolute Gasteiger partial charge is 0.168 e. The number of nitrogens with zero attached hydrogens (tertiary/aromatic N) is 1. The topological polar surface area (TPSA) is 30.0 Å². The lowest BCUT2D eigenvalue weighted by molar-refractivity contribution is 0.111. The Morgan fingerprint density at radius 3 is 2.60 bits per heavy atom. The normalized spacial score (nSPS) is 10.7.